The van der Waals surface area contributed by atoms with Crippen molar-refractivity contribution in [2.75, 3.05) is 24.7 Å². The lowest BCUT2D eigenvalue weighted by molar-refractivity contribution is 0.537. The van der Waals surface area contributed by atoms with E-state index in [0.717, 1.165) is 30.5 Å². The monoisotopic (exact) mass is 332 g/mol. The zero-order valence-electron chi connectivity index (χ0n) is 12.3. The van der Waals surface area contributed by atoms with Crippen LogP contribution in [0.2, 0.25) is 0 Å². The summed E-state index contributed by atoms with van der Waals surface area (Å²) in [6.45, 7) is 3.62. The molecule has 1 aromatic rings. The zero-order chi connectivity index (χ0) is 15.9. The Morgan fingerprint density at radius 1 is 1.24 bits per heavy atom. The summed E-state index contributed by atoms with van der Waals surface area (Å²) < 4.78 is 49.0. The number of anilines is 1. The van der Waals surface area contributed by atoms with Crippen LogP contribution in [0.25, 0.3) is 0 Å². The van der Waals surface area contributed by atoms with Crippen molar-refractivity contribution in [1.29, 1.82) is 0 Å². The van der Waals surface area contributed by atoms with E-state index in [1.807, 2.05) is 0 Å². The first kappa shape index (κ1) is 16.3. The highest BCUT2D eigenvalue weighted by Crippen LogP contribution is 2.25. The van der Waals surface area contributed by atoms with Crippen molar-refractivity contribution in [3.8, 4) is 0 Å². The van der Waals surface area contributed by atoms with E-state index in [4.69, 9.17) is 0 Å². The van der Waals surface area contributed by atoms with Gasteiger partial charge < -0.3 is 5.32 Å². The standard InChI is InChI=1S/C13H20N2O4S2/c1-13(2,20(3,16)17)9-15-21(18,19)11-5-4-10-6-7-14-12(10)8-11/h4-5,8,14-15H,6-7,9H2,1-3H3. The van der Waals surface area contributed by atoms with Gasteiger partial charge in [-0.05, 0) is 38.0 Å². The molecule has 2 rings (SSSR count). The summed E-state index contributed by atoms with van der Waals surface area (Å²) in [4.78, 5) is 0.139. The van der Waals surface area contributed by atoms with Gasteiger partial charge in [-0.25, -0.2) is 21.6 Å². The third-order valence-corrected chi connectivity index (χ3v) is 7.34. The van der Waals surface area contributed by atoms with Crippen LogP contribution in [-0.2, 0) is 26.3 Å². The van der Waals surface area contributed by atoms with Gasteiger partial charge in [-0.15, -0.1) is 0 Å². The molecule has 21 heavy (non-hydrogen) atoms. The molecule has 0 unspecified atom stereocenters. The second kappa shape index (κ2) is 5.26. The maximum Gasteiger partial charge on any atom is 0.240 e. The molecule has 0 spiro atoms. The van der Waals surface area contributed by atoms with Crippen molar-refractivity contribution < 1.29 is 16.8 Å². The Morgan fingerprint density at radius 3 is 2.52 bits per heavy atom. The molecule has 1 aromatic carbocycles. The highest BCUT2D eigenvalue weighted by atomic mass is 32.2. The van der Waals surface area contributed by atoms with E-state index in [9.17, 15) is 16.8 Å². The maximum absolute atomic E-state index is 12.3. The van der Waals surface area contributed by atoms with Crippen LogP contribution in [-0.4, -0.2) is 40.9 Å². The Balaban J connectivity index is 2.20. The Bertz CT molecular complexity index is 752. The molecule has 118 valence electrons. The number of benzene rings is 1. The third kappa shape index (κ3) is 3.38. The summed E-state index contributed by atoms with van der Waals surface area (Å²) in [5.41, 5.74) is 1.91. The fourth-order valence-corrected chi connectivity index (χ4v) is 3.58. The first-order valence-corrected chi connectivity index (χ1v) is 9.96. The van der Waals surface area contributed by atoms with Crippen molar-refractivity contribution in [2.24, 2.45) is 0 Å². The SMILES string of the molecule is CC(C)(CNS(=O)(=O)c1ccc2c(c1)NCC2)S(C)(=O)=O. The molecule has 1 aliphatic rings. The predicted octanol–water partition coefficient (Wildman–Crippen LogP) is 0.756. The van der Waals surface area contributed by atoms with Gasteiger partial charge in [-0.1, -0.05) is 6.07 Å². The van der Waals surface area contributed by atoms with Crippen molar-refractivity contribution in [3.63, 3.8) is 0 Å². The van der Waals surface area contributed by atoms with Crippen LogP contribution in [0.5, 0.6) is 0 Å². The van der Waals surface area contributed by atoms with Gasteiger partial charge in [-0.2, -0.15) is 0 Å². The largest absolute Gasteiger partial charge is 0.384 e. The molecule has 1 heterocycles. The molecule has 0 radical (unpaired) electrons. The van der Waals surface area contributed by atoms with E-state index in [0.29, 0.717) is 0 Å². The fourth-order valence-electron chi connectivity index (χ4n) is 1.92. The molecule has 0 amide bonds. The van der Waals surface area contributed by atoms with Gasteiger partial charge in [0.15, 0.2) is 9.84 Å². The summed E-state index contributed by atoms with van der Waals surface area (Å²) in [7, 11) is -7.09. The molecule has 0 aliphatic carbocycles. The fraction of sp³-hybridized carbons (Fsp3) is 0.538. The average molecular weight is 332 g/mol. The smallest absolute Gasteiger partial charge is 0.240 e. The van der Waals surface area contributed by atoms with Crippen molar-refractivity contribution in [2.45, 2.75) is 29.9 Å². The molecule has 0 atom stereocenters. The van der Waals surface area contributed by atoms with Crippen LogP contribution in [0, 0.1) is 0 Å². The Kier molecular flexibility index (Phi) is 4.07. The topological polar surface area (TPSA) is 92.3 Å². The number of nitrogens with one attached hydrogen (secondary N) is 2. The predicted molar refractivity (Wildman–Crippen MR) is 82.7 cm³/mol. The summed E-state index contributed by atoms with van der Waals surface area (Å²) in [5.74, 6) is 0. The second-order valence-corrected chi connectivity index (χ2v) is 10.3. The molecule has 2 N–H and O–H groups in total. The van der Waals surface area contributed by atoms with Crippen LogP contribution < -0.4 is 10.0 Å². The number of fused-ring (bicyclic) bond motifs is 1. The molecular formula is C13H20N2O4S2. The van der Waals surface area contributed by atoms with Crippen molar-refractivity contribution in [3.05, 3.63) is 23.8 Å². The summed E-state index contributed by atoms with van der Waals surface area (Å²) >= 11 is 0. The lowest BCUT2D eigenvalue weighted by Gasteiger charge is -2.22. The van der Waals surface area contributed by atoms with Crippen LogP contribution in [0.15, 0.2) is 23.1 Å². The first-order chi connectivity index (χ1) is 9.53. The van der Waals surface area contributed by atoms with Gasteiger partial charge in [0.25, 0.3) is 0 Å². The van der Waals surface area contributed by atoms with Crippen molar-refractivity contribution >= 4 is 25.5 Å². The van der Waals surface area contributed by atoms with Gasteiger partial charge in [0.1, 0.15) is 0 Å². The quantitative estimate of drug-likeness (QED) is 0.830. The number of rotatable bonds is 5. The minimum atomic E-state index is -3.73. The summed E-state index contributed by atoms with van der Waals surface area (Å²) in [5, 5.41) is 3.12. The average Bonchev–Trinajstić information content (AvgIpc) is 2.82. The van der Waals surface area contributed by atoms with E-state index in [2.05, 4.69) is 10.0 Å². The van der Waals surface area contributed by atoms with Gasteiger partial charge in [0.05, 0.1) is 9.64 Å². The molecule has 0 fully saturated rings. The van der Waals surface area contributed by atoms with Gasteiger partial charge in [-0.3, -0.25) is 0 Å². The zero-order valence-corrected chi connectivity index (χ0v) is 13.9. The molecule has 0 bridgehead atoms. The Morgan fingerprint density at radius 2 is 1.90 bits per heavy atom. The highest BCUT2D eigenvalue weighted by molar-refractivity contribution is 7.92. The molecule has 1 aliphatic heterocycles. The number of hydrogen-bond donors (Lipinski definition) is 2. The molecular weight excluding hydrogens is 312 g/mol. The van der Waals surface area contributed by atoms with Gasteiger partial charge in [0.2, 0.25) is 10.0 Å². The minimum absolute atomic E-state index is 0.139. The summed E-state index contributed by atoms with van der Waals surface area (Å²) in [6.07, 6.45) is 1.98. The maximum atomic E-state index is 12.3. The molecule has 0 aromatic heterocycles. The molecule has 6 nitrogen and oxygen atoms in total. The second-order valence-electron chi connectivity index (χ2n) is 5.85. The molecule has 0 saturated carbocycles. The Hall–Kier alpha value is -1.12. The van der Waals surface area contributed by atoms with Gasteiger partial charge in [0, 0.05) is 25.0 Å². The Labute approximate surface area is 125 Å². The van der Waals surface area contributed by atoms with E-state index in [1.165, 1.54) is 13.8 Å². The highest BCUT2D eigenvalue weighted by Gasteiger charge is 2.32. The normalized spacial score (nSPS) is 15.6. The van der Waals surface area contributed by atoms with E-state index < -0.39 is 24.6 Å². The molecule has 0 saturated heterocycles. The molecule has 8 heteroatoms. The van der Waals surface area contributed by atoms with Crippen LogP contribution >= 0.6 is 0 Å². The van der Waals surface area contributed by atoms with E-state index >= 15 is 0 Å². The third-order valence-electron chi connectivity index (χ3n) is 3.79. The van der Waals surface area contributed by atoms with Crippen LogP contribution in [0.1, 0.15) is 19.4 Å². The van der Waals surface area contributed by atoms with Crippen molar-refractivity contribution in [1.82, 2.24) is 4.72 Å². The van der Waals surface area contributed by atoms with Crippen LogP contribution in [0.4, 0.5) is 5.69 Å². The van der Waals surface area contributed by atoms with E-state index in [-0.39, 0.29) is 11.4 Å². The lowest BCUT2D eigenvalue weighted by Crippen LogP contribution is -2.43. The van der Waals surface area contributed by atoms with Crippen LogP contribution in [0.3, 0.4) is 0 Å². The number of sulfonamides is 1. The summed E-state index contributed by atoms with van der Waals surface area (Å²) in [6, 6.07) is 4.91. The first-order valence-electron chi connectivity index (χ1n) is 6.59. The van der Waals surface area contributed by atoms with E-state index in [1.54, 1.807) is 18.2 Å². The van der Waals surface area contributed by atoms with Gasteiger partial charge >= 0.3 is 0 Å². The number of sulfone groups is 1. The number of hydrogen-bond acceptors (Lipinski definition) is 5. The minimum Gasteiger partial charge on any atom is -0.384 e. The lowest BCUT2D eigenvalue weighted by atomic mass is 10.2.